The minimum absolute atomic E-state index is 0.0124. The number of carbonyl (C=O) groups excluding carboxylic acids is 1. The smallest absolute Gasteiger partial charge is 0.248 e. The third kappa shape index (κ3) is 4.69. The van der Waals surface area contributed by atoms with Crippen LogP contribution >= 0.6 is 11.6 Å². The van der Waals surface area contributed by atoms with Gasteiger partial charge in [0.25, 0.3) is 0 Å². The SMILES string of the molecule is CCS(=O)(=O)c1cccc(NC(=O)/C=C/c2ccc(C)c(Cl)c2)c1. The highest BCUT2D eigenvalue weighted by Crippen LogP contribution is 2.18. The summed E-state index contributed by atoms with van der Waals surface area (Å²) in [5.74, 6) is -0.337. The van der Waals surface area contributed by atoms with Crippen molar-refractivity contribution >= 4 is 39.1 Å². The average Bonchev–Trinajstić information content (AvgIpc) is 2.56. The van der Waals surface area contributed by atoms with E-state index < -0.39 is 9.84 Å². The van der Waals surface area contributed by atoms with Crippen LogP contribution in [0.5, 0.6) is 0 Å². The predicted octanol–water partition coefficient (Wildman–Crippen LogP) is 4.09. The highest BCUT2D eigenvalue weighted by molar-refractivity contribution is 7.91. The van der Waals surface area contributed by atoms with Crippen molar-refractivity contribution in [2.75, 3.05) is 11.1 Å². The Morgan fingerprint density at radius 3 is 2.62 bits per heavy atom. The van der Waals surface area contributed by atoms with E-state index in [0.29, 0.717) is 10.7 Å². The average molecular weight is 364 g/mol. The van der Waals surface area contributed by atoms with E-state index in [1.54, 1.807) is 31.2 Å². The molecule has 2 aromatic carbocycles. The van der Waals surface area contributed by atoms with Gasteiger partial charge in [-0.2, -0.15) is 0 Å². The Balaban J connectivity index is 2.11. The zero-order valence-electron chi connectivity index (χ0n) is 13.4. The van der Waals surface area contributed by atoms with Gasteiger partial charge in [0.1, 0.15) is 0 Å². The van der Waals surface area contributed by atoms with Crippen molar-refractivity contribution in [2.45, 2.75) is 18.7 Å². The number of hydrogen-bond acceptors (Lipinski definition) is 3. The quantitative estimate of drug-likeness (QED) is 0.813. The van der Waals surface area contributed by atoms with Gasteiger partial charge in [-0.1, -0.05) is 36.7 Å². The van der Waals surface area contributed by atoms with Crippen LogP contribution in [0.25, 0.3) is 6.08 Å². The van der Waals surface area contributed by atoms with Crippen LogP contribution < -0.4 is 5.32 Å². The molecule has 24 heavy (non-hydrogen) atoms. The second kappa shape index (κ2) is 7.64. The Bertz CT molecular complexity index is 889. The maximum absolute atomic E-state index is 12.0. The molecule has 1 amide bonds. The Kier molecular flexibility index (Phi) is 5.80. The molecular formula is C18H18ClNO3S. The van der Waals surface area contributed by atoms with Crippen molar-refractivity contribution in [1.29, 1.82) is 0 Å². The summed E-state index contributed by atoms with van der Waals surface area (Å²) in [6, 6.07) is 11.7. The van der Waals surface area contributed by atoms with Gasteiger partial charge in [0.15, 0.2) is 9.84 Å². The first kappa shape index (κ1) is 18.2. The summed E-state index contributed by atoms with van der Waals surface area (Å²) in [6.07, 6.45) is 3.02. The monoisotopic (exact) mass is 363 g/mol. The molecule has 0 fully saturated rings. The van der Waals surface area contributed by atoms with E-state index in [2.05, 4.69) is 5.32 Å². The van der Waals surface area contributed by atoms with E-state index in [4.69, 9.17) is 11.6 Å². The fourth-order valence-electron chi connectivity index (χ4n) is 2.00. The fourth-order valence-corrected chi connectivity index (χ4v) is 3.12. The molecule has 1 N–H and O–H groups in total. The van der Waals surface area contributed by atoms with Crippen molar-refractivity contribution in [3.63, 3.8) is 0 Å². The van der Waals surface area contributed by atoms with Gasteiger partial charge in [0, 0.05) is 16.8 Å². The second-order valence-corrected chi connectivity index (χ2v) is 7.95. The summed E-state index contributed by atoms with van der Waals surface area (Å²) in [4.78, 5) is 12.2. The van der Waals surface area contributed by atoms with Gasteiger partial charge in [-0.3, -0.25) is 4.79 Å². The zero-order chi connectivity index (χ0) is 17.7. The third-order valence-electron chi connectivity index (χ3n) is 3.46. The molecule has 0 aromatic heterocycles. The maximum Gasteiger partial charge on any atom is 0.248 e. The first-order valence-electron chi connectivity index (χ1n) is 7.40. The topological polar surface area (TPSA) is 63.2 Å². The van der Waals surface area contributed by atoms with Crippen LogP contribution in [0.1, 0.15) is 18.1 Å². The van der Waals surface area contributed by atoms with Gasteiger partial charge in [-0.15, -0.1) is 0 Å². The van der Waals surface area contributed by atoms with Crippen molar-refractivity contribution in [1.82, 2.24) is 0 Å². The molecule has 0 saturated heterocycles. The van der Waals surface area contributed by atoms with Crippen LogP contribution in [-0.4, -0.2) is 20.1 Å². The van der Waals surface area contributed by atoms with Gasteiger partial charge in [0.05, 0.1) is 10.6 Å². The van der Waals surface area contributed by atoms with E-state index in [1.165, 1.54) is 18.2 Å². The summed E-state index contributed by atoms with van der Waals surface area (Å²) >= 11 is 6.04. The van der Waals surface area contributed by atoms with E-state index in [-0.39, 0.29) is 16.6 Å². The van der Waals surface area contributed by atoms with E-state index in [0.717, 1.165) is 11.1 Å². The number of carbonyl (C=O) groups is 1. The van der Waals surface area contributed by atoms with Crippen LogP contribution in [0.15, 0.2) is 53.4 Å². The standard InChI is InChI=1S/C18H18ClNO3S/c1-3-24(22,23)16-6-4-5-15(12-16)20-18(21)10-9-14-8-7-13(2)17(19)11-14/h4-12H,3H2,1-2H3,(H,20,21)/b10-9+. The third-order valence-corrected chi connectivity index (χ3v) is 5.60. The Labute approximate surface area is 147 Å². The fraction of sp³-hybridized carbons (Fsp3) is 0.167. The van der Waals surface area contributed by atoms with E-state index in [1.807, 2.05) is 19.1 Å². The summed E-state index contributed by atoms with van der Waals surface area (Å²) < 4.78 is 23.7. The number of amides is 1. The number of sulfone groups is 1. The molecule has 0 aliphatic carbocycles. The van der Waals surface area contributed by atoms with Gasteiger partial charge in [0.2, 0.25) is 5.91 Å². The Morgan fingerprint density at radius 2 is 1.96 bits per heavy atom. The summed E-state index contributed by atoms with van der Waals surface area (Å²) in [5.41, 5.74) is 2.20. The number of hydrogen-bond donors (Lipinski definition) is 1. The zero-order valence-corrected chi connectivity index (χ0v) is 15.0. The molecule has 6 heteroatoms. The lowest BCUT2D eigenvalue weighted by Gasteiger charge is -2.06. The molecule has 126 valence electrons. The molecule has 0 aliphatic heterocycles. The highest BCUT2D eigenvalue weighted by Gasteiger charge is 2.12. The van der Waals surface area contributed by atoms with Gasteiger partial charge in [-0.05, 0) is 48.4 Å². The Hall–Kier alpha value is -2.11. The molecule has 4 nitrogen and oxygen atoms in total. The molecule has 0 bridgehead atoms. The van der Waals surface area contributed by atoms with Crippen LogP contribution in [0.4, 0.5) is 5.69 Å². The van der Waals surface area contributed by atoms with Crippen molar-refractivity contribution in [2.24, 2.45) is 0 Å². The van der Waals surface area contributed by atoms with Crippen molar-refractivity contribution in [3.8, 4) is 0 Å². The largest absolute Gasteiger partial charge is 0.322 e. The molecular weight excluding hydrogens is 346 g/mol. The molecule has 0 radical (unpaired) electrons. The van der Waals surface area contributed by atoms with Crippen LogP contribution in [0.3, 0.4) is 0 Å². The van der Waals surface area contributed by atoms with Crippen molar-refractivity contribution < 1.29 is 13.2 Å². The lowest BCUT2D eigenvalue weighted by molar-refractivity contribution is -0.111. The molecule has 0 heterocycles. The first-order chi connectivity index (χ1) is 11.3. The maximum atomic E-state index is 12.0. The summed E-state index contributed by atoms with van der Waals surface area (Å²) in [5, 5.41) is 3.29. The lowest BCUT2D eigenvalue weighted by atomic mass is 10.1. The van der Waals surface area contributed by atoms with Crippen LogP contribution in [-0.2, 0) is 14.6 Å². The van der Waals surface area contributed by atoms with Crippen LogP contribution in [0.2, 0.25) is 5.02 Å². The van der Waals surface area contributed by atoms with Gasteiger partial charge >= 0.3 is 0 Å². The van der Waals surface area contributed by atoms with E-state index >= 15 is 0 Å². The molecule has 0 spiro atoms. The Morgan fingerprint density at radius 1 is 1.21 bits per heavy atom. The molecule has 0 atom stereocenters. The number of benzene rings is 2. The number of nitrogens with one attached hydrogen (secondary N) is 1. The lowest BCUT2D eigenvalue weighted by Crippen LogP contribution is -2.09. The van der Waals surface area contributed by atoms with Gasteiger partial charge < -0.3 is 5.32 Å². The second-order valence-electron chi connectivity index (χ2n) is 5.26. The number of rotatable bonds is 5. The minimum Gasteiger partial charge on any atom is -0.322 e. The van der Waals surface area contributed by atoms with E-state index in [9.17, 15) is 13.2 Å². The normalized spacial score (nSPS) is 11.6. The molecule has 2 rings (SSSR count). The number of halogens is 1. The highest BCUT2D eigenvalue weighted by atomic mass is 35.5. The molecule has 2 aromatic rings. The number of anilines is 1. The van der Waals surface area contributed by atoms with Gasteiger partial charge in [-0.25, -0.2) is 8.42 Å². The van der Waals surface area contributed by atoms with Crippen LogP contribution in [0, 0.1) is 6.92 Å². The molecule has 0 unspecified atom stereocenters. The predicted molar refractivity (Wildman–Crippen MR) is 98.0 cm³/mol. The minimum atomic E-state index is -3.30. The molecule has 0 aliphatic rings. The first-order valence-corrected chi connectivity index (χ1v) is 9.43. The number of aryl methyl sites for hydroxylation is 1. The molecule has 0 saturated carbocycles. The summed E-state index contributed by atoms with van der Waals surface area (Å²) in [7, 11) is -3.30. The summed E-state index contributed by atoms with van der Waals surface area (Å²) in [6.45, 7) is 3.48. The van der Waals surface area contributed by atoms with Crippen molar-refractivity contribution in [3.05, 3.63) is 64.7 Å².